The third kappa shape index (κ3) is 5.28. The quantitative estimate of drug-likeness (QED) is 0.791. The monoisotopic (exact) mass is 379 g/mol. The van der Waals surface area contributed by atoms with Crippen molar-refractivity contribution in [2.24, 2.45) is 11.8 Å². The van der Waals surface area contributed by atoms with Crippen LogP contribution in [0.5, 0.6) is 0 Å². The molecule has 2 atom stereocenters. The van der Waals surface area contributed by atoms with Crippen LogP contribution in [0.2, 0.25) is 0 Å². The lowest BCUT2D eigenvalue weighted by Gasteiger charge is -2.36. The summed E-state index contributed by atoms with van der Waals surface area (Å²) in [6, 6.07) is 4.58. The second-order valence-electron chi connectivity index (χ2n) is 7.72. The van der Waals surface area contributed by atoms with Gasteiger partial charge in [0.15, 0.2) is 0 Å². The minimum atomic E-state index is 0.280. The summed E-state index contributed by atoms with van der Waals surface area (Å²) in [4.78, 5) is 18.6. The molecule has 1 N–H and O–H groups in total. The molecule has 0 aliphatic carbocycles. The average molecular weight is 380 g/mol. The highest BCUT2D eigenvalue weighted by atomic mass is 32.1. The number of nitrogens with one attached hydrogen (secondary N) is 1. The van der Waals surface area contributed by atoms with Crippen molar-refractivity contribution in [3.63, 3.8) is 0 Å². The number of carbonyl (C=O) groups excluding carboxylic acids is 1. The lowest BCUT2D eigenvalue weighted by atomic mass is 9.84. The molecule has 146 valence electrons. The second-order valence-corrected chi connectivity index (χ2v) is 8.70. The zero-order chi connectivity index (χ0) is 18.4. The topological polar surface area (TPSA) is 44.8 Å². The zero-order valence-corrected chi connectivity index (χ0v) is 17.0. The normalized spacial score (nSPS) is 22.1. The van der Waals surface area contributed by atoms with Crippen LogP contribution in [0.15, 0.2) is 17.5 Å². The van der Waals surface area contributed by atoms with Crippen molar-refractivity contribution in [1.82, 2.24) is 15.1 Å². The fourth-order valence-corrected chi connectivity index (χ4v) is 4.98. The van der Waals surface area contributed by atoms with Gasteiger partial charge in [-0.1, -0.05) is 13.0 Å². The van der Waals surface area contributed by atoms with Crippen molar-refractivity contribution in [2.45, 2.75) is 32.2 Å². The molecule has 1 amide bonds. The van der Waals surface area contributed by atoms with Crippen LogP contribution in [-0.2, 0) is 9.53 Å². The standard InChI is InChI=1S/C20H33N3O2S/c1-16(17-5-7-21-8-6-17)14-20(24)22(2)15-18(19-4-3-13-26-19)23-9-11-25-12-10-23/h3-4,13,16-18,21H,5-12,14-15H2,1-2H3. The van der Waals surface area contributed by atoms with Crippen molar-refractivity contribution >= 4 is 17.2 Å². The molecular weight excluding hydrogens is 346 g/mol. The van der Waals surface area contributed by atoms with E-state index in [2.05, 4.69) is 34.7 Å². The van der Waals surface area contributed by atoms with Gasteiger partial charge in [-0.2, -0.15) is 0 Å². The third-order valence-electron chi connectivity index (χ3n) is 5.92. The minimum absolute atomic E-state index is 0.280. The lowest BCUT2D eigenvalue weighted by Crippen LogP contribution is -2.44. The first-order valence-corrected chi connectivity index (χ1v) is 10.8. The Hall–Kier alpha value is -0.950. The highest BCUT2D eigenvalue weighted by Gasteiger charge is 2.28. The number of hydrogen-bond donors (Lipinski definition) is 1. The number of morpholine rings is 1. The van der Waals surface area contributed by atoms with Crippen LogP contribution < -0.4 is 5.32 Å². The molecule has 2 fully saturated rings. The van der Waals surface area contributed by atoms with Gasteiger partial charge < -0.3 is 15.0 Å². The van der Waals surface area contributed by atoms with Gasteiger partial charge in [0, 0.05) is 38.0 Å². The summed E-state index contributed by atoms with van der Waals surface area (Å²) < 4.78 is 5.52. The molecule has 26 heavy (non-hydrogen) atoms. The van der Waals surface area contributed by atoms with Crippen molar-refractivity contribution in [3.8, 4) is 0 Å². The number of nitrogens with zero attached hydrogens (tertiary/aromatic N) is 2. The molecule has 0 radical (unpaired) electrons. The number of amides is 1. The molecule has 3 heterocycles. The Morgan fingerprint density at radius 3 is 2.77 bits per heavy atom. The number of carbonyl (C=O) groups is 1. The van der Waals surface area contributed by atoms with Crippen molar-refractivity contribution in [2.75, 3.05) is 53.0 Å². The molecule has 1 aromatic heterocycles. The van der Waals surface area contributed by atoms with E-state index in [1.807, 2.05) is 11.9 Å². The average Bonchev–Trinajstić information content (AvgIpc) is 3.21. The number of hydrogen-bond acceptors (Lipinski definition) is 5. The molecule has 0 spiro atoms. The van der Waals surface area contributed by atoms with Gasteiger partial charge in [0.05, 0.1) is 19.3 Å². The minimum Gasteiger partial charge on any atom is -0.379 e. The van der Waals surface area contributed by atoms with Crippen LogP contribution in [0.25, 0.3) is 0 Å². The van der Waals surface area contributed by atoms with E-state index in [0.29, 0.717) is 18.3 Å². The molecule has 1 aromatic rings. The highest BCUT2D eigenvalue weighted by molar-refractivity contribution is 7.10. The Labute approximate surface area is 161 Å². The van der Waals surface area contributed by atoms with E-state index in [4.69, 9.17) is 4.74 Å². The Kier molecular flexibility index (Phi) is 7.49. The largest absolute Gasteiger partial charge is 0.379 e. The van der Waals surface area contributed by atoms with Crippen LogP contribution in [0.4, 0.5) is 0 Å². The predicted octanol–water partition coefficient (Wildman–Crippen LogP) is 2.61. The number of ether oxygens (including phenoxy) is 1. The first kappa shape index (κ1) is 19.8. The molecular formula is C20H33N3O2S. The number of piperidine rings is 1. The van der Waals surface area contributed by atoms with Gasteiger partial charge in [0.2, 0.25) is 5.91 Å². The van der Waals surface area contributed by atoms with E-state index < -0.39 is 0 Å². The summed E-state index contributed by atoms with van der Waals surface area (Å²) in [5.41, 5.74) is 0. The van der Waals surface area contributed by atoms with Crippen molar-refractivity contribution in [3.05, 3.63) is 22.4 Å². The van der Waals surface area contributed by atoms with E-state index in [1.165, 1.54) is 17.7 Å². The van der Waals surface area contributed by atoms with Crippen LogP contribution in [0.3, 0.4) is 0 Å². The van der Waals surface area contributed by atoms with Gasteiger partial charge in [0.25, 0.3) is 0 Å². The summed E-state index contributed by atoms with van der Waals surface area (Å²) >= 11 is 1.79. The number of thiophene rings is 1. The van der Waals surface area contributed by atoms with E-state index in [9.17, 15) is 4.79 Å². The summed E-state index contributed by atoms with van der Waals surface area (Å²) in [6.07, 6.45) is 3.06. The maximum absolute atomic E-state index is 12.9. The predicted molar refractivity (Wildman–Crippen MR) is 106 cm³/mol. The van der Waals surface area contributed by atoms with E-state index in [1.54, 1.807) is 11.3 Å². The Morgan fingerprint density at radius 2 is 2.12 bits per heavy atom. The van der Waals surface area contributed by atoms with E-state index in [0.717, 1.165) is 45.9 Å². The maximum Gasteiger partial charge on any atom is 0.222 e. The van der Waals surface area contributed by atoms with Crippen LogP contribution in [-0.4, -0.2) is 68.7 Å². The fraction of sp³-hybridized carbons (Fsp3) is 0.750. The van der Waals surface area contributed by atoms with Gasteiger partial charge >= 0.3 is 0 Å². The van der Waals surface area contributed by atoms with Gasteiger partial charge in [0.1, 0.15) is 0 Å². The Balaban J connectivity index is 1.57. The van der Waals surface area contributed by atoms with E-state index >= 15 is 0 Å². The molecule has 2 saturated heterocycles. The Bertz CT molecular complexity index is 539. The summed E-state index contributed by atoms with van der Waals surface area (Å²) in [5, 5.41) is 5.54. The summed E-state index contributed by atoms with van der Waals surface area (Å²) in [5.74, 6) is 1.43. The molecule has 2 aliphatic rings. The van der Waals surface area contributed by atoms with Gasteiger partial charge in [-0.15, -0.1) is 11.3 Å². The van der Waals surface area contributed by atoms with Crippen LogP contribution in [0, 0.1) is 11.8 Å². The van der Waals surface area contributed by atoms with Crippen LogP contribution >= 0.6 is 11.3 Å². The summed E-state index contributed by atoms with van der Waals surface area (Å²) in [6.45, 7) is 8.65. The number of likely N-dealkylation sites (N-methyl/N-ethyl adjacent to an activating group) is 1. The molecule has 0 saturated carbocycles. The van der Waals surface area contributed by atoms with Gasteiger partial charge in [-0.3, -0.25) is 9.69 Å². The molecule has 0 aromatic carbocycles. The van der Waals surface area contributed by atoms with Crippen molar-refractivity contribution in [1.29, 1.82) is 0 Å². The third-order valence-corrected chi connectivity index (χ3v) is 6.89. The molecule has 2 unspecified atom stereocenters. The molecule has 5 nitrogen and oxygen atoms in total. The molecule has 2 aliphatic heterocycles. The molecule has 3 rings (SSSR count). The number of rotatable bonds is 7. The second kappa shape index (κ2) is 9.83. The first-order chi connectivity index (χ1) is 12.6. The molecule has 6 heteroatoms. The lowest BCUT2D eigenvalue weighted by molar-refractivity contribution is -0.132. The Morgan fingerprint density at radius 1 is 1.38 bits per heavy atom. The van der Waals surface area contributed by atoms with Crippen LogP contribution in [0.1, 0.15) is 37.1 Å². The first-order valence-electron chi connectivity index (χ1n) is 9.95. The SMILES string of the molecule is CC(CC(=O)N(C)CC(c1cccs1)N1CCOCC1)C1CCNCC1. The smallest absolute Gasteiger partial charge is 0.222 e. The van der Waals surface area contributed by atoms with Gasteiger partial charge in [-0.25, -0.2) is 0 Å². The maximum atomic E-state index is 12.9. The summed E-state index contributed by atoms with van der Waals surface area (Å²) in [7, 11) is 1.97. The zero-order valence-electron chi connectivity index (χ0n) is 16.2. The highest BCUT2D eigenvalue weighted by Crippen LogP contribution is 2.28. The van der Waals surface area contributed by atoms with Crippen molar-refractivity contribution < 1.29 is 9.53 Å². The molecule has 0 bridgehead atoms. The van der Waals surface area contributed by atoms with Gasteiger partial charge in [-0.05, 0) is 49.2 Å². The van der Waals surface area contributed by atoms with E-state index in [-0.39, 0.29) is 11.9 Å². The fourth-order valence-electron chi connectivity index (χ4n) is 4.13.